The molecule has 8 nitrogen and oxygen atoms in total. The fourth-order valence-electron chi connectivity index (χ4n) is 1.31. The van der Waals surface area contributed by atoms with Crippen molar-refractivity contribution in [2.75, 3.05) is 17.3 Å². The van der Waals surface area contributed by atoms with Crippen molar-refractivity contribution < 1.29 is 23.2 Å². The molecule has 0 atom stereocenters. The average Bonchev–Trinajstić information content (AvgIpc) is 2.27. The molecule has 0 bridgehead atoms. The maximum atomic E-state index is 10.6. The lowest BCUT2D eigenvalue weighted by atomic mass is 10.2. The van der Waals surface area contributed by atoms with Gasteiger partial charge in [0, 0.05) is 17.8 Å². The summed E-state index contributed by atoms with van der Waals surface area (Å²) in [5.41, 5.74) is 0.141. The number of thiol groups is 1. The number of nitro benzene ring substituents is 1. The van der Waals surface area contributed by atoms with Gasteiger partial charge in [-0.1, -0.05) is 0 Å². The molecule has 98 valence electrons. The van der Waals surface area contributed by atoms with Crippen LogP contribution in [-0.4, -0.2) is 36.8 Å². The highest BCUT2D eigenvalue weighted by atomic mass is 32.2. The van der Waals surface area contributed by atoms with Crippen LogP contribution in [0.25, 0.3) is 0 Å². The number of carbonyl (C=O) groups is 1. The number of carboxylic acids is 1. The molecule has 1 aromatic carbocycles. The number of benzene rings is 1. The second-order valence-corrected chi connectivity index (χ2v) is 4.29. The third kappa shape index (κ3) is 4.01. The molecular formula is C9H10N2O6S. The van der Waals surface area contributed by atoms with Crippen molar-refractivity contribution >= 4 is 28.0 Å². The van der Waals surface area contributed by atoms with E-state index in [1.807, 2.05) is 0 Å². The maximum Gasteiger partial charge on any atom is 0.323 e. The van der Waals surface area contributed by atoms with Crippen LogP contribution in [0.1, 0.15) is 0 Å². The van der Waals surface area contributed by atoms with E-state index in [4.69, 9.17) is 5.11 Å². The van der Waals surface area contributed by atoms with Crippen molar-refractivity contribution in [2.24, 2.45) is 0 Å². The number of nitrogens with zero attached hydrogens (tertiary/aromatic N) is 2. The van der Waals surface area contributed by atoms with Crippen molar-refractivity contribution in [2.45, 2.75) is 0 Å². The molecule has 0 aliphatic carbocycles. The largest absolute Gasteiger partial charge is 0.480 e. The van der Waals surface area contributed by atoms with E-state index < -0.39 is 34.0 Å². The van der Waals surface area contributed by atoms with E-state index in [9.17, 15) is 23.3 Å². The van der Waals surface area contributed by atoms with Crippen molar-refractivity contribution in [3.63, 3.8) is 0 Å². The molecule has 0 radical (unpaired) electrons. The van der Waals surface area contributed by atoms with Crippen LogP contribution in [0.15, 0.2) is 24.3 Å². The average molecular weight is 274 g/mol. The first kappa shape index (κ1) is 13.9. The second-order valence-electron chi connectivity index (χ2n) is 3.34. The van der Waals surface area contributed by atoms with Gasteiger partial charge < -0.3 is 10.0 Å². The topological polar surface area (TPSA) is 118 Å². The quantitative estimate of drug-likeness (QED) is 0.427. The molecule has 0 saturated carbocycles. The Morgan fingerprint density at radius 2 is 1.89 bits per heavy atom. The number of hydrogen-bond donors (Lipinski definition) is 2. The molecule has 18 heavy (non-hydrogen) atoms. The predicted octanol–water partition coefficient (Wildman–Crippen LogP) is 0.0547. The monoisotopic (exact) mass is 274 g/mol. The number of aliphatic carboxylic acids is 1. The molecule has 1 N–H and O–H groups in total. The lowest BCUT2D eigenvalue weighted by Gasteiger charge is -2.19. The van der Waals surface area contributed by atoms with Gasteiger partial charge in [-0.15, -0.1) is 0 Å². The minimum Gasteiger partial charge on any atom is -0.480 e. The van der Waals surface area contributed by atoms with Gasteiger partial charge in [0.15, 0.2) is 10.7 Å². The van der Waals surface area contributed by atoms with E-state index >= 15 is 0 Å². The molecular weight excluding hydrogens is 264 g/mol. The summed E-state index contributed by atoms with van der Waals surface area (Å²) >= 11 is 0. The first-order valence-corrected chi connectivity index (χ1v) is 6.09. The fourth-order valence-corrected chi connectivity index (χ4v) is 1.85. The van der Waals surface area contributed by atoms with E-state index in [0.29, 0.717) is 5.69 Å². The Hall–Kier alpha value is -2.16. The summed E-state index contributed by atoms with van der Waals surface area (Å²) in [6, 6.07) is 4.98. The van der Waals surface area contributed by atoms with Crippen LogP contribution < -0.4 is 4.90 Å². The third-order valence-corrected chi connectivity index (χ3v) is 2.61. The zero-order chi connectivity index (χ0) is 13.7. The summed E-state index contributed by atoms with van der Waals surface area (Å²) in [5, 5.41) is 19.1. The summed E-state index contributed by atoms with van der Waals surface area (Å²) < 4.78 is 21.3. The highest BCUT2D eigenvalue weighted by Gasteiger charge is 2.13. The molecule has 0 spiro atoms. The molecule has 0 unspecified atom stereocenters. The lowest BCUT2D eigenvalue weighted by Crippen LogP contribution is -2.31. The Kier molecular flexibility index (Phi) is 4.60. The van der Waals surface area contributed by atoms with Gasteiger partial charge in [-0.2, -0.15) is 0 Å². The molecule has 1 aromatic rings. The molecule has 0 aliphatic rings. The van der Waals surface area contributed by atoms with Crippen LogP contribution in [-0.2, 0) is 15.5 Å². The molecule has 0 fully saturated rings. The molecule has 0 aliphatic heterocycles. The summed E-state index contributed by atoms with van der Waals surface area (Å²) in [5.74, 6) is -1.65. The Bertz CT molecular complexity index is 516. The van der Waals surface area contributed by atoms with E-state index in [0.717, 1.165) is 4.90 Å². The fraction of sp³-hybridized carbons (Fsp3) is 0.222. The molecule has 0 amide bonds. The Labute approximate surface area is 104 Å². The minimum absolute atomic E-state index is 0.152. The van der Waals surface area contributed by atoms with Crippen molar-refractivity contribution in [3.8, 4) is 0 Å². The Morgan fingerprint density at radius 3 is 2.28 bits per heavy atom. The van der Waals surface area contributed by atoms with Gasteiger partial charge in [0.2, 0.25) is 0 Å². The standard InChI is InChI=1S/C9H10N2O6S/c12-9(13)5-10(6-18(16)17)7-1-3-8(4-2-7)11(14)15/h1-4,18H,5-6H2,(H,12,13). The van der Waals surface area contributed by atoms with E-state index in [2.05, 4.69) is 0 Å². The summed E-state index contributed by atoms with van der Waals surface area (Å²) in [7, 11) is -2.79. The lowest BCUT2D eigenvalue weighted by molar-refractivity contribution is -0.384. The van der Waals surface area contributed by atoms with Gasteiger partial charge in [-0.05, 0) is 12.1 Å². The number of carboxylic acid groups (broad SMARTS) is 1. The van der Waals surface area contributed by atoms with Gasteiger partial charge in [0.1, 0.15) is 12.4 Å². The summed E-state index contributed by atoms with van der Waals surface area (Å²) in [4.78, 5) is 21.5. The van der Waals surface area contributed by atoms with Crippen LogP contribution in [0.4, 0.5) is 11.4 Å². The summed E-state index contributed by atoms with van der Waals surface area (Å²) in [6.45, 7) is -0.499. The smallest absolute Gasteiger partial charge is 0.323 e. The molecule has 0 heterocycles. The van der Waals surface area contributed by atoms with Crippen LogP contribution in [0.3, 0.4) is 0 Å². The van der Waals surface area contributed by atoms with Crippen molar-refractivity contribution in [1.29, 1.82) is 0 Å². The van der Waals surface area contributed by atoms with Gasteiger partial charge in [-0.3, -0.25) is 14.9 Å². The summed E-state index contributed by atoms with van der Waals surface area (Å²) in [6.07, 6.45) is 0. The van der Waals surface area contributed by atoms with Crippen LogP contribution in [0.2, 0.25) is 0 Å². The minimum atomic E-state index is -2.79. The zero-order valence-corrected chi connectivity index (χ0v) is 9.95. The van der Waals surface area contributed by atoms with E-state index in [-0.39, 0.29) is 5.69 Å². The van der Waals surface area contributed by atoms with Gasteiger partial charge >= 0.3 is 5.97 Å². The highest BCUT2D eigenvalue weighted by molar-refractivity contribution is 7.72. The number of rotatable bonds is 6. The number of nitro groups is 1. The van der Waals surface area contributed by atoms with Crippen molar-refractivity contribution in [3.05, 3.63) is 34.4 Å². The first-order chi connectivity index (χ1) is 8.40. The molecule has 9 heteroatoms. The normalized spacial score (nSPS) is 10.3. The van der Waals surface area contributed by atoms with Gasteiger partial charge in [0.05, 0.1) is 4.92 Å². The van der Waals surface area contributed by atoms with Crippen LogP contribution in [0.5, 0.6) is 0 Å². The van der Waals surface area contributed by atoms with E-state index in [1.54, 1.807) is 0 Å². The number of anilines is 1. The Morgan fingerprint density at radius 1 is 1.33 bits per heavy atom. The second kappa shape index (κ2) is 5.96. The Balaban J connectivity index is 2.97. The van der Waals surface area contributed by atoms with Gasteiger partial charge in [0.25, 0.3) is 5.69 Å². The van der Waals surface area contributed by atoms with E-state index in [1.165, 1.54) is 24.3 Å². The highest BCUT2D eigenvalue weighted by Crippen LogP contribution is 2.19. The first-order valence-electron chi connectivity index (χ1n) is 4.73. The maximum absolute atomic E-state index is 10.6. The number of non-ortho nitro benzene ring substituents is 1. The van der Waals surface area contributed by atoms with Crippen LogP contribution in [0, 0.1) is 10.1 Å². The SMILES string of the molecule is O=C(O)CN(C[SH](=O)=O)c1ccc([N+](=O)[O-])cc1. The molecule has 1 rings (SSSR count). The molecule has 0 saturated heterocycles. The van der Waals surface area contributed by atoms with Crippen molar-refractivity contribution in [1.82, 2.24) is 0 Å². The zero-order valence-electron chi connectivity index (χ0n) is 9.05. The predicted molar refractivity (Wildman–Crippen MR) is 63.3 cm³/mol. The third-order valence-electron chi connectivity index (χ3n) is 2.04. The molecule has 0 aromatic heterocycles. The van der Waals surface area contributed by atoms with Gasteiger partial charge in [-0.25, -0.2) is 8.42 Å². The number of hydrogen-bond acceptors (Lipinski definition) is 6. The van der Waals surface area contributed by atoms with Crippen LogP contribution >= 0.6 is 0 Å².